The number of nitrogens with two attached hydrogens (primary N) is 2. The van der Waals surface area contributed by atoms with E-state index in [2.05, 4.69) is 10.3 Å². The highest BCUT2D eigenvalue weighted by Gasteiger charge is 2.27. The number of benzene rings is 2. The Morgan fingerprint density at radius 2 is 1.92 bits per heavy atom. The quantitative estimate of drug-likeness (QED) is 0.637. The molecule has 26 heavy (non-hydrogen) atoms. The van der Waals surface area contributed by atoms with Crippen LogP contribution in [0.1, 0.15) is 35.8 Å². The van der Waals surface area contributed by atoms with Crippen LogP contribution in [0.25, 0.3) is 10.9 Å². The standard InChI is InChI=1S/C20H21ClN4O/c1-20(2,23)18(12-5-3-6-13(21)11-12)25-16-9-10-24-17-14(16)7-4-8-15(17)19(22)26/h3-11,18H,23H2,1-2H3,(H2,22,26)(H,24,25)/t18-/m0/s1. The molecule has 1 amide bonds. The normalized spacial score (nSPS) is 12.8. The van der Waals surface area contributed by atoms with E-state index in [0.717, 1.165) is 16.6 Å². The Kier molecular flexibility index (Phi) is 4.85. The van der Waals surface area contributed by atoms with Gasteiger partial charge >= 0.3 is 0 Å². The summed E-state index contributed by atoms with van der Waals surface area (Å²) in [7, 11) is 0. The summed E-state index contributed by atoms with van der Waals surface area (Å²) in [5.41, 5.74) is 14.1. The lowest BCUT2D eigenvalue weighted by atomic mass is 9.89. The molecule has 0 radical (unpaired) electrons. The van der Waals surface area contributed by atoms with Crippen LogP contribution >= 0.6 is 11.6 Å². The van der Waals surface area contributed by atoms with E-state index in [-0.39, 0.29) is 6.04 Å². The minimum Gasteiger partial charge on any atom is -0.376 e. The second kappa shape index (κ2) is 6.94. The fourth-order valence-corrected chi connectivity index (χ4v) is 3.24. The third-order valence-corrected chi connectivity index (χ3v) is 4.50. The van der Waals surface area contributed by atoms with Gasteiger partial charge in [-0.15, -0.1) is 0 Å². The smallest absolute Gasteiger partial charge is 0.250 e. The van der Waals surface area contributed by atoms with Gasteiger partial charge in [0.15, 0.2) is 0 Å². The Balaban J connectivity index is 2.11. The molecule has 0 saturated heterocycles. The molecule has 0 spiro atoms. The van der Waals surface area contributed by atoms with Crippen molar-refractivity contribution >= 4 is 34.1 Å². The van der Waals surface area contributed by atoms with Gasteiger partial charge in [0.05, 0.1) is 17.1 Å². The monoisotopic (exact) mass is 368 g/mol. The van der Waals surface area contributed by atoms with Crippen molar-refractivity contribution in [3.8, 4) is 0 Å². The van der Waals surface area contributed by atoms with Crippen LogP contribution in [0, 0.1) is 0 Å². The van der Waals surface area contributed by atoms with Crippen LogP contribution in [0.3, 0.4) is 0 Å². The number of fused-ring (bicyclic) bond motifs is 1. The van der Waals surface area contributed by atoms with E-state index in [0.29, 0.717) is 16.1 Å². The van der Waals surface area contributed by atoms with Gasteiger partial charge in [-0.25, -0.2) is 0 Å². The number of nitrogens with one attached hydrogen (secondary N) is 1. The van der Waals surface area contributed by atoms with Crippen molar-refractivity contribution in [3.63, 3.8) is 0 Å². The molecule has 3 aromatic rings. The molecule has 5 nitrogen and oxygen atoms in total. The Hall–Kier alpha value is -2.63. The molecule has 0 aliphatic carbocycles. The maximum atomic E-state index is 11.7. The average molecular weight is 369 g/mol. The van der Waals surface area contributed by atoms with Gasteiger partial charge in [-0.2, -0.15) is 0 Å². The number of pyridine rings is 1. The van der Waals surface area contributed by atoms with Crippen molar-refractivity contribution in [2.45, 2.75) is 25.4 Å². The summed E-state index contributed by atoms with van der Waals surface area (Å²) in [6, 6.07) is 14.6. The zero-order valence-electron chi connectivity index (χ0n) is 14.7. The third-order valence-electron chi connectivity index (χ3n) is 4.26. The van der Waals surface area contributed by atoms with Crippen LogP contribution in [0.5, 0.6) is 0 Å². The Labute approximate surface area is 157 Å². The summed E-state index contributed by atoms with van der Waals surface area (Å²) >= 11 is 6.16. The van der Waals surface area contributed by atoms with Crippen molar-refractivity contribution in [1.29, 1.82) is 0 Å². The van der Waals surface area contributed by atoms with E-state index in [4.69, 9.17) is 23.1 Å². The molecule has 0 aliphatic rings. The molecule has 0 aliphatic heterocycles. The lowest BCUT2D eigenvalue weighted by Gasteiger charge is -2.33. The number of carbonyl (C=O) groups is 1. The molecular formula is C20H21ClN4O. The number of carbonyl (C=O) groups excluding carboxylic acids is 1. The summed E-state index contributed by atoms with van der Waals surface area (Å²) in [6.45, 7) is 3.90. The molecular weight excluding hydrogens is 348 g/mol. The maximum Gasteiger partial charge on any atom is 0.250 e. The largest absolute Gasteiger partial charge is 0.376 e. The number of hydrogen-bond acceptors (Lipinski definition) is 4. The molecule has 0 unspecified atom stereocenters. The second-order valence-electron chi connectivity index (χ2n) is 6.88. The predicted molar refractivity (Wildman–Crippen MR) is 106 cm³/mol. The zero-order chi connectivity index (χ0) is 18.9. The van der Waals surface area contributed by atoms with Crippen LogP contribution in [0.4, 0.5) is 5.69 Å². The fraction of sp³-hybridized carbons (Fsp3) is 0.200. The van der Waals surface area contributed by atoms with E-state index < -0.39 is 11.4 Å². The van der Waals surface area contributed by atoms with E-state index in [9.17, 15) is 4.79 Å². The first-order valence-corrected chi connectivity index (χ1v) is 8.63. The molecule has 0 fully saturated rings. The van der Waals surface area contributed by atoms with Gasteiger partial charge in [-0.05, 0) is 43.7 Å². The Morgan fingerprint density at radius 1 is 1.19 bits per heavy atom. The number of rotatable bonds is 5. The number of halogens is 1. The molecule has 2 aromatic carbocycles. The Bertz CT molecular complexity index is 965. The number of amides is 1. The van der Waals surface area contributed by atoms with Crippen LogP contribution in [-0.2, 0) is 0 Å². The zero-order valence-corrected chi connectivity index (χ0v) is 15.4. The average Bonchev–Trinajstić information content (AvgIpc) is 2.58. The van der Waals surface area contributed by atoms with Crippen molar-refractivity contribution in [2.75, 3.05) is 5.32 Å². The molecule has 6 heteroatoms. The minimum absolute atomic E-state index is 0.205. The van der Waals surface area contributed by atoms with Gasteiger partial charge in [-0.1, -0.05) is 35.9 Å². The molecule has 1 atom stereocenters. The summed E-state index contributed by atoms with van der Waals surface area (Å²) in [5, 5.41) is 4.95. The SMILES string of the molecule is CC(C)(N)[C@@H](Nc1ccnc2c(C(N)=O)cccc12)c1cccc(Cl)c1. The van der Waals surface area contributed by atoms with E-state index >= 15 is 0 Å². The first-order chi connectivity index (χ1) is 12.3. The van der Waals surface area contributed by atoms with Crippen molar-refractivity contribution in [1.82, 2.24) is 4.98 Å². The summed E-state index contributed by atoms with van der Waals surface area (Å²) in [4.78, 5) is 16.0. The third kappa shape index (κ3) is 3.64. The molecule has 134 valence electrons. The van der Waals surface area contributed by atoms with Crippen molar-refractivity contribution < 1.29 is 4.79 Å². The number of nitrogens with zero attached hydrogens (tertiary/aromatic N) is 1. The summed E-state index contributed by atoms with van der Waals surface area (Å²) in [5.74, 6) is -0.509. The van der Waals surface area contributed by atoms with Gasteiger partial charge in [0.1, 0.15) is 0 Å². The van der Waals surface area contributed by atoms with Crippen LogP contribution in [-0.4, -0.2) is 16.4 Å². The second-order valence-corrected chi connectivity index (χ2v) is 7.31. The van der Waals surface area contributed by atoms with Crippen LogP contribution in [0.15, 0.2) is 54.7 Å². The van der Waals surface area contributed by atoms with Gasteiger partial charge in [0.2, 0.25) is 0 Å². The summed E-state index contributed by atoms with van der Waals surface area (Å²) < 4.78 is 0. The van der Waals surface area contributed by atoms with E-state index in [1.807, 2.05) is 50.2 Å². The van der Waals surface area contributed by atoms with Gasteiger partial charge in [0, 0.05) is 27.8 Å². The maximum absolute atomic E-state index is 11.7. The highest BCUT2D eigenvalue weighted by molar-refractivity contribution is 6.30. The van der Waals surface area contributed by atoms with Gasteiger partial charge < -0.3 is 16.8 Å². The molecule has 0 saturated carbocycles. The molecule has 5 N–H and O–H groups in total. The highest BCUT2D eigenvalue weighted by Crippen LogP contribution is 2.32. The fourth-order valence-electron chi connectivity index (χ4n) is 3.04. The molecule has 0 bridgehead atoms. The number of anilines is 1. The Morgan fingerprint density at radius 3 is 2.58 bits per heavy atom. The minimum atomic E-state index is -0.568. The lowest BCUT2D eigenvalue weighted by molar-refractivity contribution is 0.100. The summed E-state index contributed by atoms with van der Waals surface area (Å²) in [6.07, 6.45) is 1.65. The predicted octanol–water partition coefficient (Wildman–Crippen LogP) is 3.88. The first kappa shape index (κ1) is 18.2. The molecule has 3 rings (SSSR count). The van der Waals surface area contributed by atoms with Crippen molar-refractivity contribution in [3.05, 3.63) is 70.9 Å². The molecule has 1 aromatic heterocycles. The topological polar surface area (TPSA) is 94.0 Å². The van der Waals surface area contributed by atoms with Gasteiger partial charge in [0.25, 0.3) is 5.91 Å². The van der Waals surface area contributed by atoms with Crippen LogP contribution in [0.2, 0.25) is 5.02 Å². The van der Waals surface area contributed by atoms with E-state index in [1.54, 1.807) is 18.3 Å². The number of para-hydroxylation sites is 1. The van der Waals surface area contributed by atoms with Gasteiger partial charge in [-0.3, -0.25) is 9.78 Å². The van der Waals surface area contributed by atoms with Crippen LogP contribution < -0.4 is 16.8 Å². The highest BCUT2D eigenvalue weighted by atomic mass is 35.5. The lowest BCUT2D eigenvalue weighted by Crippen LogP contribution is -2.43. The first-order valence-electron chi connectivity index (χ1n) is 8.26. The number of primary amides is 1. The van der Waals surface area contributed by atoms with E-state index in [1.165, 1.54) is 0 Å². The number of aromatic nitrogens is 1. The molecule has 1 heterocycles. The number of hydrogen-bond donors (Lipinski definition) is 3. The van der Waals surface area contributed by atoms with Crippen molar-refractivity contribution in [2.24, 2.45) is 11.5 Å².